The molecule has 0 aromatic heterocycles. The van der Waals surface area contributed by atoms with Gasteiger partial charge in [0.15, 0.2) is 0 Å². The predicted octanol–water partition coefficient (Wildman–Crippen LogP) is 2.55. The zero-order valence-electron chi connectivity index (χ0n) is 9.99. The van der Waals surface area contributed by atoms with Crippen molar-refractivity contribution in [3.05, 3.63) is 41.5 Å². The minimum atomic E-state index is 0.0982. The number of ether oxygens (including phenoxy) is 1. The van der Waals surface area contributed by atoms with Crippen LogP contribution in [0.15, 0.2) is 30.4 Å². The summed E-state index contributed by atoms with van der Waals surface area (Å²) in [7, 11) is 1.72. The van der Waals surface area contributed by atoms with Crippen molar-refractivity contribution in [2.24, 2.45) is 5.73 Å². The number of hydrogen-bond donors (Lipinski definition) is 1. The number of nitrogens with two attached hydrogens (primary N) is 1. The van der Waals surface area contributed by atoms with Gasteiger partial charge in [-0.1, -0.05) is 24.3 Å². The van der Waals surface area contributed by atoms with Crippen LogP contribution in [0.5, 0.6) is 5.75 Å². The van der Waals surface area contributed by atoms with Crippen molar-refractivity contribution >= 4 is 0 Å². The lowest BCUT2D eigenvalue weighted by Crippen LogP contribution is -2.32. The summed E-state index contributed by atoms with van der Waals surface area (Å²) in [5.74, 6) is 0.956. The zero-order chi connectivity index (χ0) is 11.6. The van der Waals surface area contributed by atoms with Crippen LogP contribution < -0.4 is 10.5 Å². The second kappa shape index (κ2) is 4.30. The van der Waals surface area contributed by atoms with Gasteiger partial charge in [-0.2, -0.15) is 0 Å². The molecule has 0 heterocycles. The minimum Gasteiger partial charge on any atom is -0.496 e. The molecule has 1 aromatic rings. The van der Waals surface area contributed by atoms with Crippen LogP contribution in [0.3, 0.4) is 0 Å². The Morgan fingerprint density at radius 3 is 2.56 bits per heavy atom. The first-order valence-corrected chi connectivity index (χ1v) is 5.72. The summed E-state index contributed by atoms with van der Waals surface area (Å²) < 4.78 is 5.37. The predicted molar refractivity (Wildman–Crippen MR) is 66.8 cm³/mol. The molecule has 0 atom stereocenters. The zero-order valence-corrected chi connectivity index (χ0v) is 9.99. The fourth-order valence-electron chi connectivity index (χ4n) is 2.37. The van der Waals surface area contributed by atoms with Crippen LogP contribution in [-0.4, -0.2) is 13.7 Å². The van der Waals surface area contributed by atoms with Crippen LogP contribution in [0, 0.1) is 6.92 Å². The van der Waals surface area contributed by atoms with E-state index in [-0.39, 0.29) is 5.41 Å². The van der Waals surface area contributed by atoms with Gasteiger partial charge < -0.3 is 10.5 Å². The highest BCUT2D eigenvalue weighted by Gasteiger charge is 2.31. The van der Waals surface area contributed by atoms with E-state index in [0.29, 0.717) is 6.54 Å². The van der Waals surface area contributed by atoms with Gasteiger partial charge in [-0.3, -0.25) is 0 Å². The van der Waals surface area contributed by atoms with Crippen molar-refractivity contribution in [2.75, 3.05) is 13.7 Å². The first kappa shape index (κ1) is 11.2. The molecule has 2 nitrogen and oxygen atoms in total. The van der Waals surface area contributed by atoms with Gasteiger partial charge in [0.1, 0.15) is 5.75 Å². The highest BCUT2D eigenvalue weighted by atomic mass is 16.5. The standard InChI is InChI=1S/C14H19NO/c1-11-5-6-12(9-13(11)16-2)14(10-15)7-3-4-8-14/h3-6,9H,7-8,10,15H2,1-2H3. The smallest absolute Gasteiger partial charge is 0.122 e. The Morgan fingerprint density at radius 1 is 1.31 bits per heavy atom. The van der Waals surface area contributed by atoms with Gasteiger partial charge in [0.2, 0.25) is 0 Å². The summed E-state index contributed by atoms with van der Waals surface area (Å²) in [6, 6.07) is 6.43. The average molecular weight is 217 g/mol. The van der Waals surface area contributed by atoms with Crippen LogP contribution in [0.25, 0.3) is 0 Å². The van der Waals surface area contributed by atoms with Crippen molar-refractivity contribution in [1.29, 1.82) is 0 Å². The second-order valence-electron chi connectivity index (χ2n) is 4.55. The van der Waals surface area contributed by atoms with E-state index in [1.165, 1.54) is 11.1 Å². The maximum Gasteiger partial charge on any atom is 0.122 e. The molecule has 0 fully saturated rings. The molecule has 0 saturated heterocycles. The lowest BCUT2D eigenvalue weighted by Gasteiger charge is -2.28. The van der Waals surface area contributed by atoms with Gasteiger partial charge in [0, 0.05) is 12.0 Å². The van der Waals surface area contributed by atoms with Crippen LogP contribution in [-0.2, 0) is 5.41 Å². The van der Waals surface area contributed by atoms with Gasteiger partial charge in [0.25, 0.3) is 0 Å². The second-order valence-corrected chi connectivity index (χ2v) is 4.55. The van der Waals surface area contributed by atoms with Crippen molar-refractivity contribution in [3.8, 4) is 5.75 Å². The molecule has 0 spiro atoms. The summed E-state index contributed by atoms with van der Waals surface area (Å²) in [6.45, 7) is 2.75. The highest BCUT2D eigenvalue weighted by Crippen LogP contribution is 2.38. The fraction of sp³-hybridized carbons (Fsp3) is 0.429. The number of rotatable bonds is 3. The van der Waals surface area contributed by atoms with Crippen molar-refractivity contribution in [3.63, 3.8) is 0 Å². The third-order valence-electron chi connectivity index (χ3n) is 3.60. The Hall–Kier alpha value is -1.28. The van der Waals surface area contributed by atoms with Gasteiger partial charge >= 0.3 is 0 Å². The molecule has 2 rings (SSSR count). The molecule has 0 aliphatic heterocycles. The van der Waals surface area contributed by atoms with Crippen molar-refractivity contribution in [1.82, 2.24) is 0 Å². The Labute approximate surface area is 97.1 Å². The maximum atomic E-state index is 5.95. The first-order valence-electron chi connectivity index (χ1n) is 5.72. The summed E-state index contributed by atoms with van der Waals surface area (Å²) in [6.07, 6.45) is 6.52. The summed E-state index contributed by atoms with van der Waals surface area (Å²) >= 11 is 0. The average Bonchev–Trinajstić information content (AvgIpc) is 2.79. The summed E-state index contributed by atoms with van der Waals surface area (Å²) in [5.41, 5.74) is 8.51. The SMILES string of the molecule is COc1cc(C2(CN)CC=CC2)ccc1C. The van der Waals surface area contributed by atoms with Crippen molar-refractivity contribution in [2.45, 2.75) is 25.2 Å². The molecular formula is C14H19NO. The largest absolute Gasteiger partial charge is 0.496 e. The number of allylic oxidation sites excluding steroid dienone is 2. The minimum absolute atomic E-state index is 0.0982. The molecule has 0 unspecified atom stereocenters. The Balaban J connectivity index is 2.39. The lowest BCUT2D eigenvalue weighted by molar-refractivity contribution is 0.406. The van der Waals surface area contributed by atoms with E-state index in [9.17, 15) is 0 Å². The van der Waals surface area contributed by atoms with Crippen LogP contribution >= 0.6 is 0 Å². The molecule has 1 aromatic carbocycles. The fourth-order valence-corrected chi connectivity index (χ4v) is 2.37. The van der Waals surface area contributed by atoms with E-state index in [4.69, 9.17) is 10.5 Å². The summed E-state index contributed by atoms with van der Waals surface area (Å²) in [4.78, 5) is 0. The monoisotopic (exact) mass is 217 g/mol. The van der Waals surface area contributed by atoms with Crippen LogP contribution in [0.2, 0.25) is 0 Å². The Morgan fingerprint density at radius 2 is 2.00 bits per heavy atom. The van der Waals surface area contributed by atoms with E-state index in [2.05, 4.69) is 37.3 Å². The van der Waals surface area contributed by atoms with Crippen LogP contribution in [0.1, 0.15) is 24.0 Å². The topological polar surface area (TPSA) is 35.2 Å². The molecular weight excluding hydrogens is 198 g/mol. The van der Waals surface area contributed by atoms with E-state index in [1.807, 2.05) is 0 Å². The van der Waals surface area contributed by atoms with E-state index in [1.54, 1.807) is 7.11 Å². The molecule has 0 radical (unpaired) electrons. The van der Waals surface area contributed by atoms with Crippen LogP contribution in [0.4, 0.5) is 0 Å². The van der Waals surface area contributed by atoms with E-state index in [0.717, 1.165) is 18.6 Å². The quantitative estimate of drug-likeness (QED) is 0.790. The third-order valence-corrected chi connectivity index (χ3v) is 3.60. The number of methoxy groups -OCH3 is 1. The molecule has 0 saturated carbocycles. The van der Waals surface area contributed by atoms with Crippen molar-refractivity contribution < 1.29 is 4.74 Å². The highest BCUT2D eigenvalue weighted by molar-refractivity contribution is 5.41. The third kappa shape index (κ3) is 1.74. The number of benzene rings is 1. The number of hydrogen-bond acceptors (Lipinski definition) is 2. The summed E-state index contributed by atoms with van der Waals surface area (Å²) in [5, 5.41) is 0. The molecule has 1 aliphatic carbocycles. The maximum absolute atomic E-state index is 5.95. The Bertz CT molecular complexity index is 401. The number of aryl methyl sites for hydroxylation is 1. The Kier molecular flexibility index (Phi) is 3.01. The molecule has 2 N–H and O–H groups in total. The lowest BCUT2D eigenvalue weighted by atomic mass is 9.78. The van der Waals surface area contributed by atoms with E-state index < -0.39 is 0 Å². The first-order chi connectivity index (χ1) is 7.72. The normalized spacial score (nSPS) is 17.7. The molecule has 1 aliphatic rings. The van der Waals surface area contributed by atoms with Gasteiger partial charge in [0.05, 0.1) is 7.11 Å². The van der Waals surface area contributed by atoms with E-state index >= 15 is 0 Å². The van der Waals surface area contributed by atoms with Gasteiger partial charge in [-0.05, 0) is 37.0 Å². The van der Waals surface area contributed by atoms with Gasteiger partial charge in [-0.15, -0.1) is 0 Å². The van der Waals surface area contributed by atoms with Gasteiger partial charge in [-0.25, -0.2) is 0 Å². The molecule has 16 heavy (non-hydrogen) atoms. The molecule has 2 heteroatoms. The molecule has 0 bridgehead atoms. The molecule has 0 amide bonds. The molecule has 86 valence electrons.